The third-order valence-electron chi connectivity index (χ3n) is 2.39. The Kier molecular flexibility index (Phi) is 3.34. The van der Waals surface area contributed by atoms with Crippen LogP contribution < -0.4 is 5.19 Å². The van der Waals surface area contributed by atoms with E-state index in [0.717, 1.165) is 11.1 Å². The molecule has 0 N–H and O–H groups in total. The average Bonchev–Trinajstić information content (AvgIpc) is 2.14. The van der Waals surface area contributed by atoms with Gasteiger partial charge in [-0.15, -0.1) is 0 Å². The maximum atomic E-state index is 11.6. The smallest absolute Gasteiger partial charge is 0.337 e. The Labute approximate surface area is 92.3 Å². The number of esters is 1. The molecule has 82 valence electrons. The molecule has 0 bridgehead atoms. The van der Waals surface area contributed by atoms with Gasteiger partial charge < -0.3 is 4.74 Å². The van der Waals surface area contributed by atoms with Crippen molar-refractivity contribution in [3.05, 3.63) is 29.3 Å². The highest BCUT2D eigenvalue weighted by atomic mass is 28.3. The number of methoxy groups -OCH3 is 1. The Morgan fingerprint density at radius 2 is 1.87 bits per heavy atom. The number of ether oxygens (including phenoxy) is 1. The molecule has 0 spiro atoms. The summed E-state index contributed by atoms with van der Waals surface area (Å²) < 4.78 is 4.81. The molecular formula is C12H18O2Si. The van der Waals surface area contributed by atoms with Gasteiger partial charge in [0, 0.05) is 0 Å². The fourth-order valence-corrected chi connectivity index (χ4v) is 3.16. The number of carbonyl (C=O) groups is 1. The van der Waals surface area contributed by atoms with E-state index in [-0.39, 0.29) is 5.97 Å². The molecule has 0 atom stereocenters. The van der Waals surface area contributed by atoms with Crippen molar-refractivity contribution in [2.75, 3.05) is 7.11 Å². The quantitative estimate of drug-likeness (QED) is 0.567. The minimum Gasteiger partial charge on any atom is -0.465 e. The van der Waals surface area contributed by atoms with Gasteiger partial charge in [0.2, 0.25) is 0 Å². The second-order valence-electron chi connectivity index (χ2n) is 4.79. The Balaban J connectivity index is 3.33. The molecule has 0 amide bonds. The third kappa shape index (κ3) is 2.69. The summed E-state index contributed by atoms with van der Waals surface area (Å²) in [4.78, 5) is 11.6. The second-order valence-corrected chi connectivity index (χ2v) is 9.83. The van der Waals surface area contributed by atoms with Gasteiger partial charge in [-0.3, -0.25) is 0 Å². The van der Waals surface area contributed by atoms with Crippen LogP contribution in [0.5, 0.6) is 0 Å². The van der Waals surface area contributed by atoms with Crippen LogP contribution in [0.2, 0.25) is 19.6 Å². The zero-order valence-corrected chi connectivity index (χ0v) is 11.0. The fraction of sp³-hybridized carbons (Fsp3) is 0.417. The van der Waals surface area contributed by atoms with Gasteiger partial charge in [-0.25, -0.2) is 4.79 Å². The number of carbonyl (C=O) groups excluding carboxylic acids is 1. The molecular weight excluding hydrogens is 204 g/mol. The van der Waals surface area contributed by atoms with Crippen LogP contribution in [0.25, 0.3) is 0 Å². The Bertz CT molecular complexity index is 378. The molecule has 0 unspecified atom stereocenters. The monoisotopic (exact) mass is 222 g/mol. The Morgan fingerprint density at radius 3 is 2.33 bits per heavy atom. The lowest BCUT2D eigenvalue weighted by Gasteiger charge is -2.20. The standard InChI is InChI=1S/C12H18O2Si/c1-9-6-7-11(15(3,4)5)10(8-9)12(13)14-2/h6-8H,1-5H3. The molecule has 3 heteroatoms. The summed E-state index contributed by atoms with van der Waals surface area (Å²) in [5, 5.41) is 1.17. The zero-order chi connectivity index (χ0) is 11.6. The van der Waals surface area contributed by atoms with E-state index >= 15 is 0 Å². The van der Waals surface area contributed by atoms with Crippen LogP contribution in [0.1, 0.15) is 15.9 Å². The average molecular weight is 222 g/mol. The highest BCUT2D eigenvalue weighted by molar-refractivity contribution is 6.89. The highest BCUT2D eigenvalue weighted by Gasteiger charge is 2.23. The summed E-state index contributed by atoms with van der Waals surface area (Å²) in [6.45, 7) is 8.67. The van der Waals surface area contributed by atoms with Crippen LogP contribution in [0.4, 0.5) is 0 Å². The van der Waals surface area contributed by atoms with Gasteiger partial charge in [0.15, 0.2) is 0 Å². The molecule has 15 heavy (non-hydrogen) atoms. The van der Waals surface area contributed by atoms with Gasteiger partial charge in [-0.05, 0) is 18.2 Å². The van der Waals surface area contributed by atoms with E-state index in [2.05, 4.69) is 31.8 Å². The van der Waals surface area contributed by atoms with Crippen LogP contribution in [0.15, 0.2) is 18.2 Å². The molecule has 0 fully saturated rings. The van der Waals surface area contributed by atoms with Gasteiger partial charge in [-0.1, -0.05) is 37.3 Å². The first kappa shape index (κ1) is 12.0. The topological polar surface area (TPSA) is 26.3 Å². The second kappa shape index (κ2) is 4.19. The van der Waals surface area contributed by atoms with Crippen molar-refractivity contribution in [3.8, 4) is 0 Å². The molecule has 0 radical (unpaired) electrons. The normalized spacial score (nSPS) is 11.3. The van der Waals surface area contributed by atoms with Gasteiger partial charge in [-0.2, -0.15) is 0 Å². The van der Waals surface area contributed by atoms with Crippen LogP contribution in [-0.2, 0) is 4.74 Å². The predicted molar refractivity (Wildman–Crippen MR) is 65.5 cm³/mol. The molecule has 2 nitrogen and oxygen atoms in total. The summed E-state index contributed by atoms with van der Waals surface area (Å²) in [6.07, 6.45) is 0. The summed E-state index contributed by atoms with van der Waals surface area (Å²) >= 11 is 0. The van der Waals surface area contributed by atoms with Crippen molar-refractivity contribution >= 4 is 19.2 Å². The highest BCUT2D eigenvalue weighted by Crippen LogP contribution is 2.10. The SMILES string of the molecule is COC(=O)c1cc(C)ccc1[Si](C)(C)C. The lowest BCUT2D eigenvalue weighted by molar-refractivity contribution is 0.0602. The third-order valence-corrected chi connectivity index (χ3v) is 4.44. The lowest BCUT2D eigenvalue weighted by atomic mass is 10.1. The van der Waals surface area contributed by atoms with Crippen molar-refractivity contribution in [2.45, 2.75) is 26.6 Å². The number of rotatable bonds is 2. The van der Waals surface area contributed by atoms with E-state index in [4.69, 9.17) is 4.74 Å². The Morgan fingerprint density at radius 1 is 1.27 bits per heavy atom. The molecule has 0 aliphatic rings. The lowest BCUT2D eigenvalue weighted by Crippen LogP contribution is -2.41. The van der Waals surface area contributed by atoms with Crippen molar-refractivity contribution in [1.82, 2.24) is 0 Å². The van der Waals surface area contributed by atoms with Gasteiger partial charge in [0.25, 0.3) is 0 Å². The van der Waals surface area contributed by atoms with Crippen molar-refractivity contribution < 1.29 is 9.53 Å². The van der Waals surface area contributed by atoms with E-state index in [1.807, 2.05) is 13.0 Å². The first-order valence-corrected chi connectivity index (χ1v) is 8.55. The first-order valence-electron chi connectivity index (χ1n) is 5.05. The summed E-state index contributed by atoms with van der Waals surface area (Å²) in [5.74, 6) is -0.226. The molecule has 0 saturated heterocycles. The van der Waals surface area contributed by atoms with E-state index in [1.54, 1.807) is 0 Å². The minimum atomic E-state index is -1.48. The maximum absolute atomic E-state index is 11.6. The van der Waals surface area contributed by atoms with E-state index < -0.39 is 8.07 Å². The van der Waals surface area contributed by atoms with E-state index in [9.17, 15) is 4.79 Å². The largest absolute Gasteiger partial charge is 0.465 e. The van der Waals surface area contributed by atoms with Crippen LogP contribution >= 0.6 is 0 Å². The van der Waals surface area contributed by atoms with Crippen molar-refractivity contribution in [2.24, 2.45) is 0 Å². The Hall–Kier alpha value is -1.09. The molecule has 0 aliphatic carbocycles. The van der Waals surface area contributed by atoms with E-state index in [1.165, 1.54) is 12.3 Å². The molecule has 0 heterocycles. The zero-order valence-electron chi connectivity index (χ0n) is 10.0. The number of benzene rings is 1. The molecule has 1 aromatic rings. The van der Waals surface area contributed by atoms with Gasteiger partial charge in [0.1, 0.15) is 0 Å². The van der Waals surface area contributed by atoms with E-state index in [0.29, 0.717) is 0 Å². The summed E-state index contributed by atoms with van der Waals surface area (Å²) in [6, 6.07) is 6.03. The van der Waals surface area contributed by atoms with Gasteiger partial charge in [0.05, 0.1) is 20.7 Å². The van der Waals surface area contributed by atoms with Crippen molar-refractivity contribution in [1.29, 1.82) is 0 Å². The summed E-state index contributed by atoms with van der Waals surface area (Å²) in [5.41, 5.74) is 1.83. The predicted octanol–water partition coefficient (Wildman–Crippen LogP) is 2.33. The van der Waals surface area contributed by atoms with Crippen molar-refractivity contribution in [3.63, 3.8) is 0 Å². The van der Waals surface area contributed by atoms with Gasteiger partial charge >= 0.3 is 5.97 Å². The first-order chi connectivity index (χ1) is 6.86. The fourth-order valence-electron chi connectivity index (χ4n) is 1.59. The molecule has 1 rings (SSSR count). The van der Waals surface area contributed by atoms with Crippen LogP contribution in [0, 0.1) is 6.92 Å². The molecule has 1 aromatic carbocycles. The minimum absolute atomic E-state index is 0.226. The number of aryl methyl sites for hydroxylation is 1. The molecule has 0 aromatic heterocycles. The molecule has 0 saturated carbocycles. The van der Waals surface area contributed by atoms with Crippen LogP contribution in [0.3, 0.4) is 0 Å². The number of hydrogen-bond acceptors (Lipinski definition) is 2. The van der Waals surface area contributed by atoms with Crippen LogP contribution in [-0.4, -0.2) is 21.2 Å². The number of hydrogen-bond donors (Lipinski definition) is 0. The summed E-state index contributed by atoms with van der Waals surface area (Å²) in [7, 11) is -0.0515. The maximum Gasteiger partial charge on any atom is 0.337 e. The molecule has 0 aliphatic heterocycles.